The third kappa shape index (κ3) is 6.07. The van der Waals surface area contributed by atoms with Gasteiger partial charge in [-0.3, -0.25) is 24.6 Å². The average molecular weight is 559 g/mol. The zero-order chi connectivity index (χ0) is 26.5. The van der Waals surface area contributed by atoms with Crippen LogP contribution in [0.5, 0.6) is 11.5 Å². The van der Waals surface area contributed by atoms with E-state index < -0.39 is 16.1 Å². The highest BCUT2D eigenvalue weighted by atomic mass is 35.5. The van der Waals surface area contributed by atoms with Crippen molar-refractivity contribution in [1.29, 1.82) is 0 Å². The largest absolute Gasteiger partial charge is 0.490 e. The molecule has 2 amide bonds. The Bertz CT molecular complexity index is 1410. The van der Waals surface area contributed by atoms with Crippen molar-refractivity contribution >= 4 is 57.9 Å². The van der Waals surface area contributed by atoms with E-state index in [-0.39, 0.29) is 34.3 Å². The van der Waals surface area contributed by atoms with Crippen LogP contribution in [0.1, 0.15) is 23.6 Å². The van der Waals surface area contributed by atoms with Crippen LogP contribution in [0.3, 0.4) is 0 Å². The van der Waals surface area contributed by atoms with Gasteiger partial charge >= 0.3 is 0 Å². The molecule has 0 aromatic heterocycles. The molecular formula is C26H20Cl2N2O6S. The van der Waals surface area contributed by atoms with Crippen LogP contribution in [0.15, 0.2) is 65.6 Å². The molecule has 1 saturated heterocycles. The number of hydrogen-bond acceptors (Lipinski definition) is 7. The van der Waals surface area contributed by atoms with Crippen LogP contribution in [0.4, 0.5) is 10.5 Å². The lowest BCUT2D eigenvalue weighted by Gasteiger charge is -2.15. The van der Waals surface area contributed by atoms with E-state index in [9.17, 15) is 19.7 Å². The number of nitro benzene ring substituents is 1. The molecule has 0 atom stereocenters. The second-order valence-electron chi connectivity index (χ2n) is 7.80. The molecule has 0 unspecified atom stereocenters. The van der Waals surface area contributed by atoms with Gasteiger partial charge in [-0.25, -0.2) is 0 Å². The van der Waals surface area contributed by atoms with E-state index in [0.717, 1.165) is 22.2 Å². The number of hydrogen-bond donors (Lipinski definition) is 0. The molecule has 37 heavy (non-hydrogen) atoms. The van der Waals surface area contributed by atoms with Crippen molar-refractivity contribution in [1.82, 2.24) is 4.90 Å². The monoisotopic (exact) mass is 558 g/mol. The first-order chi connectivity index (χ1) is 17.8. The second-order valence-corrected chi connectivity index (χ2v) is 9.60. The molecule has 190 valence electrons. The van der Waals surface area contributed by atoms with Crippen LogP contribution in [-0.2, 0) is 17.9 Å². The number of thioether (sulfide) groups is 1. The molecule has 0 N–H and O–H groups in total. The Balaban J connectivity index is 1.58. The molecular weight excluding hydrogens is 539 g/mol. The van der Waals surface area contributed by atoms with Crippen molar-refractivity contribution in [3.8, 4) is 11.5 Å². The number of ether oxygens (including phenoxy) is 2. The van der Waals surface area contributed by atoms with Crippen molar-refractivity contribution in [3.05, 3.63) is 102 Å². The maximum absolute atomic E-state index is 13.0. The molecule has 0 saturated carbocycles. The molecule has 8 nitrogen and oxygen atoms in total. The van der Waals surface area contributed by atoms with Gasteiger partial charge in [0.1, 0.15) is 6.61 Å². The third-order valence-corrected chi connectivity index (χ3v) is 6.91. The highest BCUT2D eigenvalue weighted by Crippen LogP contribution is 2.40. The van der Waals surface area contributed by atoms with Gasteiger partial charge in [0.25, 0.3) is 16.8 Å². The Hall–Kier alpha value is -3.53. The summed E-state index contributed by atoms with van der Waals surface area (Å²) in [5, 5.41) is 11.6. The standard InChI is InChI=1S/C26H20Cl2N2O6S/c1-2-35-22-12-16(11-20(28)24(22)36-15-18-8-3-5-9-19(18)27)13-23-25(31)29(26(32)37-23)14-17-7-4-6-10-21(17)30(33)34/h3-13H,2,14-15H2,1H3/b23-13-. The van der Waals surface area contributed by atoms with Gasteiger partial charge < -0.3 is 9.47 Å². The minimum Gasteiger partial charge on any atom is -0.490 e. The van der Waals surface area contributed by atoms with Gasteiger partial charge in [-0.2, -0.15) is 0 Å². The molecule has 1 aliphatic heterocycles. The first-order valence-corrected chi connectivity index (χ1v) is 12.7. The van der Waals surface area contributed by atoms with Crippen molar-refractivity contribution in [3.63, 3.8) is 0 Å². The Kier molecular flexibility index (Phi) is 8.38. The van der Waals surface area contributed by atoms with Gasteiger partial charge in [-0.15, -0.1) is 0 Å². The van der Waals surface area contributed by atoms with Crippen molar-refractivity contribution in [2.24, 2.45) is 0 Å². The number of carbonyl (C=O) groups is 2. The molecule has 3 aromatic carbocycles. The van der Waals surface area contributed by atoms with E-state index in [1.54, 1.807) is 24.3 Å². The van der Waals surface area contributed by atoms with Gasteiger partial charge in [-0.1, -0.05) is 59.6 Å². The molecule has 1 fully saturated rings. The van der Waals surface area contributed by atoms with E-state index in [1.807, 2.05) is 25.1 Å². The fraction of sp³-hybridized carbons (Fsp3) is 0.154. The molecule has 1 aliphatic rings. The lowest BCUT2D eigenvalue weighted by Crippen LogP contribution is -2.27. The minimum absolute atomic E-state index is 0.159. The van der Waals surface area contributed by atoms with Gasteiger partial charge in [0.15, 0.2) is 11.5 Å². The number of rotatable bonds is 9. The fourth-order valence-electron chi connectivity index (χ4n) is 3.62. The van der Waals surface area contributed by atoms with Crippen LogP contribution >= 0.6 is 35.0 Å². The normalized spacial score (nSPS) is 14.4. The lowest BCUT2D eigenvalue weighted by atomic mass is 10.1. The number of imide groups is 1. The summed E-state index contributed by atoms with van der Waals surface area (Å²) in [6.45, 7) is 2.11. The number of amides is 2. The summed E-state index contributed by atoms with van der Waals surface area (Å²) in [5.41, 5.74) is 1.40. The number of benzene rings is 3. The highest BCUT2D eigenvalue weighted by Gasteiger charge is 2.36. The van der Waals surface area contributed by atoms with Crippen LogP contribution in [0.25, 0.3) is 6.08 Å². The Morgan fingerprint density at radius 3 is 2.41 bits per heavy atom. The maximum atomic E-state index is 13.0. The van der Waals surface area contributed by atoms with Crippen LogP contribution < -0.4 is 9.47 Å². The molecule has 3 aromatic rings. The molecule has 1 heterocycles. The van der Waals surface area contributed by atoms with E-state index in [4.69, 9.17) is 32.7 Å². The summed E-state index contributed by atoms with van der Waals surface area (Å²) >= 11 is 13.5. The Morgan fingerprint density at radius 2 is 1.70 bits per heavy atom. The van der Waals surface area contributed by atoms with Crippen LogP contribution in [0.2, 0.25) is 10.0 Å². The van der Waals surface area contributed by atoms with Crippen LogP contribution in [0, 0.1) is 10.1 Å². The SMILES string of the molecule is CCOc1cc(/C=C2\SC(=O)N(Cc3ccccc3[N+](=O)[O-])C2=O)cc(Cl)c1OCc1ccccc1Cl. The first-order valence-electron chi connectivity index (χ1n) is 11.1. The van der Waals surface area contributed by atoms with Crippen molar-refractivity contribution in [2.75, 3.05) is 6.61 Å². The van der Waals surface area contributed by atoms with Gasteiger partial charge in [0.2, 0.25) is 0 Å². The maximum Gasteiger partial charge on any atom is 0.293 e. The Morgan fingerprint density at radius 1 is 1.00 bits per heavy atom. The Labute approximate surface area is 226 Å². The number of nitro groups is 1. The van der Waals surface area contributed by atoms with E-state index >= 15 is 0 Å². The first kappa shape index (κ1) is 26.5. The molecule has 0 aliphatic carbocycles. The number of halogens is 2. The highest BCUT2D eigenvalue weighted by molar-refractivity contribution is 8.18. The summed E-state index contributed by atoms with van der Waals surface area (Å²) in [6, 6.07) is 16.5. The zero-order valence-corrected chi connectivity index (χ0v) is 21.8. The molecule has 0 radical (unpaired) electrons. The van der Waals surface area contributed by atoms with Crippen molar-refractivity contribution < 1.29 is 24.0 Å². The summed E-state index contributed by atoms with van der Waals surface area (Å²) in [6.07, 6.45) is 1.52. The molecule has 11 heteroatoms. The van der Waals surface area contributed by atoms with Gasteiger partial charge in [-0.05, 0) is 48.5 Å². The van der Waals surface area contributed by atoms with Crippen molar-refractivity contribution in [2.45, 2.75) is 20.1 Å². The predicted octanol–water partition coefficient (Wildman–Crippen LogP) is 7.12. The minimum atomic E-state index is -0.554. The van der Waals surface area contributed by atoms with E-state index in [0.29, 0.717) is 28.7 Å². The third-order valence-electron chi connectivity index (χ3n) is 5.35. The van der Waals surface area contributed by atoms with E-state index in [1.165, 1.54) is 24.3 Å². The second kappa shape index (κ2) is 11.7. The van der Waals surface area contributed by atoms with Crippen LogP contribution in [-0.4, -0.2) is 27.6 Å². The topological polar surface area (TPSA) is 99.0 Å². The average Bonchev–Trinajstić information content (AvgIpc) is 3.12. The molecule has 4 rings (SSSR count). The predicted molar refractivity (Wildman–Crippen MR) is 143 cm³/mol. The summed E-state index contributed by atoms with van der Waals surface area (Å²) in [4.78, 5) is 37.5. The smallest absolute Gasteiger partial charge is 0.293 e. The summed E-state index contributed by atoms with van der Waals surface area (Å²) < 4.78 is 11.6. The van der Waals surface area contributed by atoms with Gasteiger partial charge in [0.05, 0.1) is 28.0 Å². The summed E-state index contributed by atoms with van der Waals surface area (Å²) in [7, 11) is 0. The lowest BCUT2D eigenvalue weighted by molar-refractivity contribution is -0.385. The quantitative estimate of drug-likeness (QED) is 0.156. The molecule has 0 bridgehead atoms. The number of nitrogens with zero attached hydrogens (tertiary/aromatic N) is 2. The zero-order valence-electron chi connectivity index (χ0n) is 19.5. The van der Waals surface area contributed by atoms with Gasteiger partial charge in [0, 0.05) is 22.2 Å². The number of para-hydroxylation sites is 1. The number of carbonyl (C=O) groups excluding carboxylic acids is 2. The molecule has 0 spiro atoms. The fourth-order valence-corrected chi connectivity index (χ4v) is 4.92. The summed E-state index contributed by atoms with van der Waals surface area (Å²) in [5.74, 6) is 0.138. The van der Waals surface area contributed by atoms with E-state index in [2.05, 4.69) is 0 Å².